The van der Waals surface area contributed by atoms with E-state index >= 15 is 0 Å². The Labute approximate surface area is 124 Å². The number of benzene rings is 3. The third-order valence-electron chi connectivity index (χ3n) is 3.35. The number of para-hydroxylation sites is 1. The van der Waals surface area contributed by atoms with Crippen LogP contribution in [0.2, 0.25) is 0 Å². The Morgan fingerprint density at radius 1 is 0.762 bits per heavy atom. The maximum atomic E-state index is 6.08. The molecule has 2 heteroatoms. The first-order chi connectivity index (χ1) is 10.2. The van der Waals surface area contributed by atoms with Crippen molar-refractivity contribution in [2.45, 2.75) is 6.92 Å². The zero-order valence-electron chi connectivity index (χ0n) is 11.9. The molecule has 0 aromatic heterocycles. The molecule has 0 bridgehead atoms. The lowest BCUT2D eigenvalue weighted by molar-refractivity contribution is 0.483. The molecule has 2 nitrogen and oxygen atoms in total. The molecule has 0 spiro atoms. The second kappa shape index (κ2) is 5.71. The molecular weight excluding hydrogens is 258 g/mol. The summed E-state index contributed by atoms with van der Waals surface area (Å²) < 4.78 is 5.79. The van der Waals surface area contributed by atoms with E-state index < -0.39 is 0 Å². The standard InChI is InChI=1S/C19H17NO/c1-14-7-12-18(19(20)13-14)15-8-10-17(11-9-15)21-16-5-3-2-4-6-16/h2-13H,20H2,1H3. The van der Waals surface area contributed by atoms with E-state index in [2.05, 4.69) is 12.1 Å². The van der Waals surface area contributed by atoms with Crippen molar-refractivity contribution in [1.29, 1.82) is 0 Å². The monoisotopic (exact) mass is 275 g/mol. The molecule has 0 aliphatic carbocycles. The molecule has 0 atom stereocenters. The van der Waals surface area contributed by atoms with Crippen molar-refractivity contribution in [2.75, 3.05) is 5.73 Å². The Morgan fingerprint density at radius 2 is 1.43 bits per heavy atom. The van der Waals surface area contributed by atoms with Crippen molar-refractivity contribution in [3.05, 3.63) is 78.4 Å². The van der Waals surface area contributed by atoms with Gasteiger partial charge in [-0.15, -0.1) is 0 Å². The van der Waals surface area contributed by atoms with Gasteiger partial charge < -0.3 is 10.5 Å². The fourth-order valence-corrected chi connectivity index (χ4v) is 2.27. The van der Waals surface area contributed by atoms with Crippen molar-refractivity contribution in [2.24, 2.45) is 0 Å². The summed E-state index contributed by atoms with van der Waals surface area (Å²) in [5.41, 5.74) is 10.2. The Hall–Kier alpha value is -2.74. The molecule has 3 rings (SSSR count). The number of nitrogen functional groups attached to an aromatic ring is 1. The summed E-state index contributed by atoms with van der Waals surface area (Å²) in [5, 5.41) is 0. The van der Waals surface area contributed by atoms with E-state index in [1.54, 1.807) is 0 Å². The normalized spacial score (nSPS) is 10.3. The third kappa shape index (κ3) is 3.06. The molecule has 2 N–H and O–H groups in total. The maximum Gasteiger partial charge on any atom is 0.127 e. The lowest BCUT2D eigenvalue weighted by atomic mass is 10.0. The molecule has 0 aliphatic heterocycles. The molecule has 3 aromatic rings. The highest BCUT2D eigenvalue weighted by atomic mass is 16.5. The molecule has 21 heavy (non-hydrogen) atoms. The Kier molecular flexibility index (Phi) is 3.61. The van der Waals surface area contributed by atoms with Crippen molar-refractivity contribution < 1.29 is 4.74 Å². The van der Waals surface area contributed by atoms with Gasteiger partial charge in [0.05, 0.1) is 0 Å². The van der Waals surface area contributed by atoms with Crippen LogP contribution in [0.25, 0.3) is 11.1 Å². The van der Waals surface area contributed by atoms with Crippen molar-refractivity contribution in [3.63, 3.8) is 0 Å². The van der Waals surface area contributed by atoms with Gasteiger partial charge in [-0.05, 0) is 48.4 Å². The van der Waals surface area contributed by atoms with Crippen LogP contribution < -0.4 is 10.5 Å². The van der Waals surface area contributed by atoms with Crippen LogP contribution in [0.15, 0.2) is 72.8 Å². The first-order valence-corrected chi connectivity index (χ1v) is 6.92. The van der Waals surface area contributed by atoms with Gasteiger partial charge in [0.15, 0.2) is 0 Å². The predicted molar refractivity (Wildman–Crippen MR) is 87.5 cm³/mol. The number of nitrogens with two attached hydrogens (primary N) is 1. The van der Waals surface area contributed by atoms with Crippen LogP contribution in [-0.4, -0.2) is 0 Å². The molecule has 0 saturated heterocycles. The summed E-state index contributed by atoms with van der Waals surface area (Å²) >= 11 is 0. The number of hydrogen-bond donors (Lipinski definition) is 1. The minimum absolute atomic E-state index is 0.798. The van der Waals surface area contributed by atoms with Gasteiger partial charge in [0.2, 0.25) is 0 Å². The average Bonchev–Trinajstić information content (AvgIpc) is 2.49. The van der Waals surface area contributed by atoms with Gasteiger partial charge in [-0.25, -0.2) is 0 Å². The van der Waals surface area contributed by atoms with Crippen LogP contribution in [0.3, 0.4) is 0 Å². The van der Waals surface area contributed by atoms with Crippen molar-refractivity contribution in [1.82, 2.24) is 0 Å². The fraction of sp³-hybridized carbons (Fsp3) is 0.0526. The van der Waals surface area contributed by atoms with Gasteiger partial charge in [-0.1, -0.05) is 42.5 Å². The second-order valence-corrected chi connectivity index (χ2v) is 5.03. The number of anilines is 1. The van der Waals surface area contributed by atoms with E-state index in [-0.39, 0.29) is 0 Å². The molecule has 0 amide bonds. The van der Waals surface area contributed by atoms with Crippen LogP contribution in [0.1, 0.15) is 5.56 Å². The lowest BCUT2D eigenvalue weighted by Gasteiger charge is -2.09. The summed E-state index contributed by atoms with van der Waals surface area (Å²) in [4.78, 5) is 0. The molecule has 104 valence electrons. The van der Waals surface area contributed by atoms with Gasteiger partial charge in [0.25, 0.3) is 0 Å². The summed E-state index contributed by atoms with van der Waals surface area (Å²) in [7, 11) is 0. The van der Waals surface area contributed by atoms with Crippen LogP contribution in [0.4, 0.5) is 5.69 Å². The third-order valence-corrected chi connectivity index (χ3v) is 3.35. The van der Waals surface area contributed by atoms with E-state index in [4.69, 9.17) is 10.5 Å². The van der Waals surface area contributed by atoms with Gasteiger partial charge >= 0.3 is 0 Å². The van der Waals surface area contributed by atoms with E-state index in [1.165, 1.54) is 5.56 Å². The smallest absolute Gasteiger partial charge is 0.127 e. The highest BCUT2D eigenvalue weighted by Crippen LogP contribution is 2.29. The zero-order chi connectivity index (χ0) is 14.7. The van der Waals surface area contributed by atoms with E-state index in [9.17, 15) is 0 Å². The molecule has 0 radical (unpaired) electrons. The van der Waals surface area contributed by atoms with Gasteiger partial charge in [0, 0.05) is 11.3 Å². The van der Waals surface area contributed by atoms with Gasteiger partial charge in [-0.2, -0.15) is 0 Å². The highest BCUT2D eigenvalue weighted by molar-refractivity contribution is 5.77. The summed E-state index contributed by atoms with van der Waals surface area (Å²) in [6.45, 7) is 2.04. The number of aryl methyl sites for hydroxylation is 1. The summed E-state index contributed by atoms with van der Waals surface area (Å²) in [5.74, 6) is 1.65. The van der Waals surface area contributed by atoms with Crippen molar-refractivity contribution >= 4 is 5.69 Å². The van der Waals surface area contributed by atoms with Crippen LogP contribution in [0, 0.1) is 6.92 Å². The second-order valence-electron chi connectivity index (χ2n) is 5.03. The maximum absolute atomic E-state index is 6.08. The molecule has 0 fully saturated rings. The molecule has 0 unspecified atom stereocenters. The largest absolute Gasteiger partial charge is 0.457 e. The first kappa shape index (κ1) is 13.3. The van der Waals surface area contributed by atoms with Gasteiger partial charge in [-0.3, -0.25) is 0 Å². The van der Waals surface area contributed by atoms with Gasteiger partial charge in [0.1, 0.15) is 11.5 Å². The van der Waals surface area contributed by atoms with E-state index in [0.717, 1.165) is 28.3 Å². The molecule has 3 aromatic carbocycles. The predicted octanol–water partition coefficient (Wildman–Crippen LogP) is 5.04. The van der Waals surface area contributed by atoms with E-state index in [0.29, 0.717) is 0 Å². The average molecular weight is 275 g/mol. The Morgan fingerprint density at radius 3 is 2.10 bits per heavy atom. The minimum Gasteiger partial charge on any atom is -0.457 e. The fourth-order valence-electron chi connectivity index (χ4n) is 2.27. The number of hydrogen-bond acceptors (Lipinski definition) is 2. The number of ether oxygens (including phenoxy) is 1. The topological polar surface area (TPSA) is 35.2 Å². The first-order valence-electron chi connectivity index (χ1n) is 6.92. The molecule has 0 saturated carbocycles. The SMILES string of the molecule is Cc1ccc(-c2ccc(Oc3ccccc3)cc2)c(N)c1. The molecule has 0 aliphatic rings. The zero-order valence-corrected chi connectivity index (χ0v) is 11.9. The summed E-state index contributed by atoms with van der Waals surface area (Å²) in [6.07, 6.45) is 0. The van der Waals surface area contributed by atoms with E-state index in [1.807, 2.05) is 67.6 Å². The highest BCUT2D eigenvalue weighted by Gasteiger charge is 2.03. The Balaban J connectivity index is 1.84. The van der Waals surface area contributed by atoms with Crippen molar-refractivity contribution in [3.8, 4) is 22.6 Å². The summed E-state index contributed by atoms with van der Waals surface area (Å²) in [6, 6.07) is 23.8. The quantitative estimate of drug-likeness (QED) is 0.680. The minimum atomic E-state index is 0.798. The lowest BCUT2D eigenvalue weighted by Crippen LogP contribution is -1.91. The number of rotatable bonds is 3. The van der Waals surface area contributed by atoms with Crippen LogP contribution in [0.5, 0.6) is 11.5 Å². The Bertz CT molecular complexity index is 733. The van der Waals surface area contributed by atoms with Crippen LogP contribution >= 0.6 is 0 Å². The molecular formula is C19H17NO. The van der Waals surface area contributed by atoms with Crippen LogP contribution in [-0.2, 0) is 0 Å². The molecule has 0 heterocycles.